The number of benzene rings is 1. The first-order valence-corrected chi connectivity index (χ1v) is 13.3. The van der Waals surface area contributed by atoms with Crippen molar-refractivity contribution in [1.82, 2.24) is 19.6 Å². The van der Waals surface area contributed by atoms with Gasteiger partial charge in [0.25, 0.3) is 0 Å². The Labute approximate surface area is 233 Å². The summed E-state index contributed by atoms with van der Waals surface area (Å²) >= 11 is 0. The average molecular weight is 568 g/mol. The van der Waals surface area contributed by atoms with Crippen LogP contribution in [0.5, 0.6) is 5.75 Å². The molecule has 1 aliphatic rings. The van der Waals surface area contributed by atoms with Crippen molar-refractivity contribution in [2.45, 2.75) is 13.3 Å². The van der Waals surface area contributed by atoms with Gasteiger partial charge in [0.15, 0.2) is 0 Å². The summed E-state index contributed by atoms with van der Waals surface area (Å²) in [5, 5.41) is 39.9. The van der Waals surface area contributed by atoms with Crippen molar-refractivity contribution in [3.8, 4) is 5.75 Å². The third-order valence-electron chi connectivity index (χ3n) is 6.53. The third kappa shape index (κ3) is 13.1. The van der Waals surface area contributed by atoms with Crippen LogP contribution in [-0.2, 0) is 19.2 Å². The molecule has 40 heavy (non-hydrogen) atoms. The molecule has 0 spiro atoms. The highest BCUT2D eigenvalue weighted by Crippen LogP contribution is 2.28. The molecule has 1 saturated heterocycles. The van der Waals surface area contributed by atoms with Gasteiger partial charge < -0.3 is 35.4 Å². The second-order valence-electron chi connectivity index (χ2n) is 9.75. The number of hydrogen-bond acceptors (Lipinski definition) is 10. The van der Waals surface area contributed by atoms with Crippen molar-refractivity contribution in [2.24, 2.45) is 0 Å². The topological polar surface area (TPSA) is 183 Å². The number of hydrogen-bond donors (Lipinski definition) is 5. The third-order valence-corrected chi connectivity index (χ3v) is 6.53. The van der Waals surface area contributed by atoms with Crippen molar-refractivity contribution >= 4 is 29.6 Å². The highest BCUT2D eigenvalue weighted by atomic mass is 16.5. The summed E-state index contributed by atoms with van der Waals surface area (Å²) < 4.78 is 5.96. The molecule has 1 aliphatic heterocycles. The van der Waals surface area contributed by atoms with Crippen LogP contribution in [-0.4, -0.2) is 156 Å². The number of carboxylic acid groups (broad SMARTS) is 4. The number of nitrogens with one attached hydrogen (secondary N) is 1. The van der Waals surface area contributed by atoms with E-state index in [1.54, 1.807) is 20.8 Å². The standard InChI is InChI=1S/C26H41N5O9/c1-20-4-2-5-21(26(20)27-16-22(32)33)40-15-3-6-28-7-9-29(17-23(34)35)11-13-31(19-25(38)39)14-12-30(10-8-28)18-24(36)37/h2,4-5,27H,3,6-19H2,1H3,(H,32,33)(H,34,35)(H,36,37)(H,38,39). The van der Waals surface area contributed by atoms with E-state index < -0.39 is 23.9 Å². The van der Waals surface area contributed by atoms with E-state index in [1.165, 1.54) is 0 Å². The van der Waals surface area contributed by atoms with Crippen molar-refractivity contribution in [1.29, 1.82) is 0 Å². The van der Waals surface area contributed by atoms with Gasteiger partial charge in [0.1, 0.15) is 12.3 Å². The van der Waals surface area contributed by atoms with Crippen LogP contribution in [0.2, 0.25) is 0 Å². The lowest BCUT2D eigenvalue weighted by Crippen LogP contribution is -2.48. The van der Waals surface area contributed by atoms with Gasteiger partial charge in [-0.3, -0.25) is 33.9 Å². The summed E-state index contributed by atoms with van der Waals surface area (Å²) in [5.41, 5.74) is 1.49. The molecule has 1 aromatic carbocycles. The average Bonchev–Trinajstić information content (AvgIpc) is 2.86. The molecule has 0 radical (unpaired) electrons. The van der Waals surface area contributed by atoms with E-state index in [-0.39, 0.29) is 26.2 Å². The molecule has 5 N–H and O–H groups in total. The van der Waals surface area contributed by atoms with Crippen molar-refractivity contribution < 1.29 is 44.3 Å². The van der Waals surface area contributed by atoms with Crippen LogP contribution in [0.4, 0.5) is 5.69 Å². The number of aliphatic carboxylic acids is 4. The zero-order valence-electron chi connectivity index (χ0n) is 23.0. The van der Waals surface area contributed by atoms with Crippen LogP contribution in [0.1, 0.15) is 12.0 Å². The number of para-hydroxylation sites is 1. The Kier molecular flexibility index (Phi) is 14.1. The first-order chi connectivity index (χ1) is 19.0. The number of rotatable bonds is 14. The second-order valence-corrected chi connectivity index (χ2v) is 9.75. The van der Waals surface area contributed by atoms with Gasteiger partial charge in [-0.05, 0) is 25.0 Å². The summed E-state index contributed by atoms with van der Waals surface area (Å²) in [4.78, 5) is 52.6. The molecular formula is C26H41N5O9. The van der Waals surface area contributed by atoms with E-state index in [0.29, 0.717) is 83.4 Å². The second kappa shape index (κ2) is 17.3. The van der Waals surface area contributed by atoms with Gasteiger partial charge in [0.2, 0.25) is 0 Å². The number of carboxylic acids is 4. The molecule has 0 amide bonds. The van der Waals surface area contributed by atoms with E-state index in [9.17, 15) is 34.5 Å². The molecule has 0 bridgehead atoms. The van der Waals surface area contributed by atoms with Gasteiger partial charge >= 0.3 is 23.9 Å². The smallest absolute Gasteiger partial charge is 0.322 e. The predicted octanol–water partition coefficient (Wildman–Crippen LogP) is -0.264. The summed E-state index contributed by atoms with van der Waals surface area (Å²) in [7, 11) is 0. The lowest BCUT2D eigenvalue weighted by Gasteiger charge is -2.33. The molecule has 0 saturated carbocycles. The zero-order valence-corrected chi connectivity index (χ0v) is 23.0. The Balaban J connectivity index is 2.04. The zero-order chi connectivity index (χ0) is 29.5. The van der Waals surface area contributed by atoms with Gasteiger partial charge in [0, 0.05) is 58.9 Å². The Bertz CT molecular complexity index is 961. The molecule has 0 unspecified atom stereocenters. The maximum Gasteiger partial charge on any atom is 0.322 e. The maximum absolute atomic E-state index is 11.4. The van der Waals surface area contributed by atoms with Gasteiger partial charge in [-0.1, -0.05) is 12.1 Å². The van der Waals surface area contributed by atoms with Crippen LogP contribution < -0.4 is 10.1 Å². The van der Waals surface area contributed by atoms with Gasteiger partial charge in [-0.15, -0.1) is 0 Å². The molecule has 0 aromatic heterocycles. The van der Waals surface area contributed by atoms with Crippen LogP contribution >= 0.6 is 0 Å². The van der Waals surface area contributed by atoms with Crippen LogP contribution in [0.15, 0.2) is 18.2 Å². The highest BCUT2D eigenvalue weighted by molar-refractivity contribution is 5.75. The lowest BCUT2D eigenvalue weighted by atomic mass is 10.2. The molecule has 2 rings (SSSR count). The Hall–Kier alpha value is -3.46. The van der Waals surface area contributed by atoms with E-state index >= 15 is 0 Å². The van der Waals surface area contributed by atoms with Crippen molar-refractivity contribution in [2.75, 3.05) is 97.0 Å². The van der Waals surface area contributed by atoms with E-state index in [2.05, 4.69) is 10.2 Å². The fourth-order valence-corrected chi connectivity index (χ4v) is 4.47. The molecule has 0 atom stereocenters. The molecule has 0 aliphatic carbocycles. The van der Waals surface area contributed by atoms with E-state index in [1.807, 2.05) is 19.1 Å². The fourth-order valence-electron chi connectivity index (χ4n) is 4.47. The molecule has 1 heterocycles. The summed E-state index contributed by atoms with van der Waals surface area (Å²) in [5.74, 6) is -3.34. The van der Waals surface area contributed by atoms with Gasteiger partial charge in [-0.25, -0.2) is 0 Å². The summed E-state index contributed by atoms with van der Waals surface area (Å²) in [6.45, 7) is 5.51. The maximum atomic E-state index is 11.4. The monoisotopic (exact) mass is 567 g/mol. The summed E-state index contributed by atoms with van der Waals surface area (Å²) in [6, 6.07) is 5.47. The van der Waals surface area contributed by atoms with Gasteiger partial charge in [-0.2, -0.15) is 0 Å². The first-order valence-electron chi connectivity index (χ1n) is 13.3. The van der Waals surface area contributed by atoms with Crippen molar-refractivity contribution in [3.05, 3.63) is 23.8 Å². The van der Waals surface area contributed by atoms with E-state index in [4.69, 9.17) is 9.84 Å². The predicted molar refractivity (Wildman–Crippen MR) is 146 cm³/mol. The minimum atomic E-state index is -0.995. The normalized spacial score (nSPS) is 16.9. The van der Waals surface area contributed by atoms with Gasteiger partial charge in [0.05, 0.1) is 31.9 Å². The van der Waals surface area contributed by atoms with Crippen LogP contribution in [0.25, 0.3) is 0 Å². The molecular weight excluding hydrogens is 526 g/mol. The first kappa shape index (κ1) is 32.8. The molecule has 14 nitrogen and oxygen atoms in total. The Morgan fingerprint density at radius 3 is 1.60 bits per heavy atom. The Morgan fingerprint density at radius 2 is 1.18 bits per heavy atom. The molecule has 1 aromatic rings. The number of ether oxygens (including phenoxy) is 1. The van der Waals surface area contributed by atoms with Crippen LogP contribution in [0, 0.1) is 6.92 Å². The fraction of sp³-hybridized carbons (Fsp3) is 0.615. The largest absolute Gasteiger partial charge is 0.491 e. The number of carbonyl (C=O) groups is 4. The number of anilines is 1. The lowest BCUT2D eigenvalue weighted by molar-refractivity contribution is -0.140. The minimum absolute atomic E-state index is 0.164. The summed E-state index contributed by atoms with van der Waals surface area (Å²) in [6.07, 6.45) is 0.635. The molecule has 224 valence electrons. The minimum Gasteiger partial charge on any atom is -0.491 e. The SMILES string of the molecule is Cc1cccc(OCCCN2CCN(CC(=O)O)CCN(CC(=O)O)CCN(CC(=O)O)CC2)c1NCC(=O)O. The Morgan fingerprint density at radius 1 is 0.725 bits per heavy atom. The molecule has 14 heteroatoms. The van der Waals surface area contributed by atoms with Crippen LogP contribution in [0.3, 0.4) is 0 Å². The van der Waals surface area contributed by atoms with E-state index in [0.717, 1.165) is 5.56 Å². The highest BCUT2D eigenvalue weighted by Gasteiger charge is 2.20. The number of nitrogens with zero attached hydrogens (tertiary/aromatic N) is 4. The van der Waals surface area contributed by atoms with Crippen molar-refractivity contribution in [3.63, 3.8) is 0 Å². The quantitative estimate of drug-likeness (QED) is 0.185. The number of aryl methyl sites for hydroxylation is 1. The molecule has 1 fully saturated rings.